The molecule has 2 N–H and O–H groups in total. The third kappa shape index (κ3) is 7.73. The van der Waals surface area contributed by atoms with Crippen LogP contribution in [0.4, 0.5) is 0 Å². The predicted octanol–water partition coefficient (Wildman–Crippen LogP) is 5.11. The molecule has 0 amide bonds. The third-order valence-electron chi connectivity index (χ3n) is 5.90. The Balaban J connectivity index is 0.00000320. The van der Waals surface area contributed by atoms with Gasteiger partial charge in [0.2, 0.25) is 0 Å². The van der Waals surface area contributed by atoms with Crippen LogP contribution in [0.15, 0.2) is 21.8 Å². The van der Waals surface area contributed by atoms with Crippen LogP contribution in [0.1, 0.15) is 83.0 Å². The summed E-state index contributed by atoms with van der Waals surface area (Å²) in [6, 6.07) is 0.596. The SMILES string of the molecule is CCNC(=NCCCc1nnc(SC)n1C1CCCC1)NCCC1=CCCCC1.I. The van der Waals surface area contributed by atoms with Crippen LogP contribution >= 0.6 is 35.7 Å². The fourth-order valence-electron chi connectivity index (χ4n) is 4.39. The molecule has 0 atom stereocenters. The second-order valence-corrected chi connectivity index (χ2v) is 8.83. The highest BCUT2D eigenvalue weighted by atomic mass is 127. The first-order valence-corrected chi connectivity index (χ1v) is 12.7. The van der Waals surface area contributed by atoms with E-state index in [2.05, 4.69) is 44.7 Å². The van der Waals surface area contributed by atoms with E-state index < -0.39 is 0 Å². The van der Waals surface area contributed by atoms with Gasteiger partial charge in [0, 0.05) is 32.1 Å². The summed E-state index contributed by atoms with van der Waals surface area (Å²) in [4.78, 5) is 4.78. The zero-order valence-corrected chi connectivity index (χ0v) is 21.8. The van der Waals surface area contributed by atoms with Crippen molar-refractivity contribution in [1.82, 2.24) is 25.4 Å². The molecular formula is C22H39IN6S. The highest BCUT2D eigenvalue weighted by molar-refractivity contribution is 14.0. The Morgan fingerprint density at radius 2 is 2.00 bits per heavy atom. The van der Waals surface area contributed by atoms with Gasteiger partial charge in [-0.3, -0.25) is 4.99 Å². The number of aliphatic imine (C=N–C) groups is 1. The van der Waals surface area contributed by atoms with Crippen LogP contribution in [0.3, 0.4) is 0 Å². The maximum Gasteiger partial charge on any atom is 0.191 e. The molecular weight excluding hydrogens is 507 g/mol. The van der Waals surface area contributed by atoms with Gasteiger partial charge in [-0.1, -0.05) is 36.3 Å². The number of halogens is 1. The molecule has 0 spiro atoms. The quantitative estimate of drug-likeness (QED) is 0.107. The number of nitrogens with one attached hydrogen (secondary N) is 2. The molecule has 8 heteroatoms. The van der Waals surface area contributed by atoms with Crippen LogP contribution < -0.4 is 10.6 Å². The summed E-state index contributed by atoms with van der Waals surface area (Å²) in [6.45, 7) is 4.78. The molecule has 0 saturated heterocycles. The first kappa shape index (κ1) is 25.5. The van der Waals surface area contributed by atoms with Gasteiger partial charge in [0.1, 0.15) is 5.82 Å². The summed E-state index contributed by atoms with van der Waals surface area (Å²) in [5.41, 5.74) is 1.61. The second-order valence-electron chi connectivity index (χ2n) is 8.06. The van der Waals surface area contributed by atoms with Crippen molar-refractivity contribution in [3.8, 4) is 0 Å². The number of thioether (sulfide) groups is 1. The Hall–Kier alpha value is -0.770. The van der Waals surface area contributed by atoms with Crippen molar-refractivity contribution in [3.63, 3.8) is 0 Å². The smallest absolute Gasteiger partial charge is 0.191 e. The lowest BCUT2D eigenvalue weighted by atomic mass is 9.97. The minimum atomic E-state index is 0. The molecule has 1 fully saturated rings. The molecule has 1 heterocycles. The van der Waals surface area contributed by atoms with Crippen molar-refractivity contribution < 1.29 is 0 Å². The number of hydrogen-bond donors (Lipinski definition) is 2. The van der Waals surface area contributed by atoms with Gasteiger partial charge in [0.25, 0.3) is 0 Å². The van der Waals surface area contributed by atoms with E-state index in [1.807, 2.05) is 0 Å². The van der Waals surface area contributed by atoms with Crippen molar-refractivity contribution in [2.24, 2.45) is 4.99 Å². The molecule has 2 aliphatic rings. The van der Waals surface area contributed by atoms with E-state index in [1.165, 1.54) is 51.4 Å². The van der Waals surface area contributed by atoms with E-state index in [0.29, 0.717) is 6.04 Å². The number of aryl methyl sites for hydroxylation is 1. The molecule has 3 rings (SSSR count). The third-order valence-corrected chi connectivity index (χ3v) is 6.55. The van der Waals surface area contributed by atoms with Gasteiger partial charge in [-0.2, -0.15) is 0 Å². The van der Waals surface area contributed by atoms with E-state index in [1.54, 1.807) is 17.3 Å². The van der Waals surface area contributed by atoms with Gasteiger partial charge < -0.3 is 15.2 Å². The molecule has 0 radical (unpaired) electrons. The zero-order valence-electron chi connectivity index (χ0n) is 18.7. The molecule has 1 aromatic rings. The first-order valence-electron chi connectivity index (χ1n) is 11.5. The molecule has 170 valence electrons. The molecule has 0 bridgehead atoms. The molecule has 0 aliphatic heterocycles. The van der Waals surface area contributed by atoms with E-state index >= 15 is 0 Å². The number of guanidine groups is 1. The second kappa shape index (κ2) is 14.3. The first-order chi connectivity index (χ1) is 14.3. The van der Waals surface area contributed by atoms with Crippen molar-refractivity contribution in [3.05, 3.63) is 17.5 Å². The molecule has 1 saturated carbocycles. The number of hydrogen-bond acceptors (Lipinski definition) is 4. The van der Waals surface area contributed by atoms with Gasteiger partial charge >= 0.3 is 0 Å². The molecule has 6 nitrogen and oxygen atoms in total. The fourth-order valence-corrected chi connectivity index (χ4v) is 4.96. The van der Waals surface area contributed by atoms with Gasteiger partial charge in [0.15, 0.2) is 11.1 Å². The molecule has 0 unspecified atom stereocenters. The largest absolute Gasteiger partial charge is 0.357 e. The fraction of sp³-hybridized carbons (Fsp3) is 0.773. The average Bonchev–Trinajstić information content (AvgIpc) is 3.41. The van der Waals surface area contributed by atoms with E-state index in [0.717, 1.165) is 55.8 Å². The van der Waals surface area contributed by atoms with Gasteiger partial charge in [-0.05, 0) is 64.5 Å². The minimum Gasteiger partial charge on any atom is -0.357 e. The van der Waals surface area contributed by atoms with Crippen LogP contribution in [0.2, 0.25) is 0 Å². The van der Waals surface area contributed by atoms with Crippen LogP contribution in [0, 0.1) is 0 Å². The molecule has 0 aromatic carbocycles. The Bertz CT molecular complexity index is 681. The Morgan fingerprint density at radius 3 is 2.70 bits per heavy atom. The van der Waals surface area contributed by atoms with E-state index in [-0.39, 0.29) is 24.0 Å². The van der Waals surface area contributed by atoms with Crippen LogP contribution in [-0.2, 0) is 6.42 Å². The highest BCUT2D eigenvalue weighted by Crippen LogP contribution is 2.33. The molecule has 1 aromatic heterocycles. The lowest BCUT2D eigenvalue weighted by Crippen LogP contribution is -2.38. The lowest BCUT2D eigenvalue weighted by molar-refractivity contribution is 0.461. The minimum absolute atomic E-state index is 0. The number of aromatic nitrogens is 3. The van der Waals surface area contributed by atoms with Crippen LogP contribution in [-0.4, -0.2) is 46.6 Å². The monoisotopic (exact) mass is 546 g/mol. The Labute approximate surface area is 203 Å². The van der Waals surface area contributed by atoms with Crippen molar-refractivity contribution in [2.75, 3.05) is 25.9 Å². The maximum absolute atomic E-state index is 4.78. The van der Waals surface area contributed by atoms with Crippen molar-refractivity contribution >= 4 is 41.7 Å². The summed E-state index contributed by atoms with van der Waals surface area (Å²) in [5, 5.41) is 16.9. The molecule has 2 aliphatic carbocycles. The standard InChI is InChI=1S/C22H38N6S.HI/c1-3-23-21(25-17-15-18-10-5-4-6-11-18)24-16-9-14-20-26-27-22(29-2)28(20)19-12-7-8-13-19;/h10,19H,3-9,11-17H2,1-2H3,(H2,23,24,25);1H. The van der Waals surface area contributed by atoms with Crippen molar-refractivity contribution in [1.29, 1.82) is 0 Å². The zero-order chi connectivity index (χ0) is 20.3. The number of nitrogens with zero attached hydrogens (tertiary/aromatic N) is 4. The van der Waals surface area contributed by atoms with Crippen molar-refractivity contribution in [2.45, 2.75) is 88.8 Å². The average molecular weight is 547 g/mol. The Morgan fingerprint density at radius 1 is 1.17 bits per heavy atom. The number of allylic oxidation sites excluding steroid dienone is 1. The summed E-state index contributed by atoms with van der Waals surface area (Å²) in [6.07, 6.45) is 18.0. The Kier molecular flexibility index (Phi) is 12.2. The van der Waals surface area contributed by atoms with E-state index in [9.17, 15) is 0 Å². The molecule has 30 heavy (non-hydrogen) atoms. The normalized spacial score (nSPS) is 17.5. The predicted molar refractivity (Wildman–Crippen MR) is 138 cm³/mol. The topological polar surface area (TPSA) is 67.1 Å². The maximum atomic E-state index is 4.78. The highest BCUT2D eigenvalue weighted by Gasteiger charge is 2.23. The summed E-state index contributed by atoms with van der Waals surface area (Å²) < 4.78 is 2.41. The summed E-state index contributed by atoms with van der Waals surface area (Å²) >= 11 is 1.71. The van der Waals surface area contributed by atoms with Gasteiger partial charge in [-0.15, -0.1) is 34.2 Å². The summed E-state index contributed by atoms with van der Waals surface area (Å²) in [7, 11) is 0. The summed E-state index contributed by atoms with van der Waals surface area (Å²) in [5.74, 6) is 2.07. The van der Waals surface area contributed by atoms with Gasteiger partial charge in [-0.25, -0.2) is 0 Å². The van der Waals surface area contributed by atoms with Crippen LogP contribution in [0.5, 0.6) is 0 Å². The van der Waals surface area contributed by atoms with Crippen LogP contribution in [0.25, 0.3) is 0 Å². The van der Waals surface area contributed by atoms with E-state index in [4.69, 9.17) is 4.99 Å². The number of rotatable bonds is 10. The van der Waals surface area contributed by atoms with Gasteiger partial charge in [0.05, 0.1) is 0 Å². The lowest BCUT2D eigenvalue weighted by Gasteiger charge is -2.16.